The van der Waals surface area contributed by atoms with Crippen molar-refractivity contribution in [2.75, 3.05) is 33.7 Å². The van der Waals surface area contributed by atoms with Crippen molar-refractivity contribution in [1.29, 1.82) is 0 Å². The molecule has 0 spiro atoms. The molecule has 0 saturated carbocycles. The molecule has 1 aromatic heterocycles. The lowest BCUT2D eigenvalue weighted by atomic mass is 10.2. The Morgan fingerprint density at radius 1 is 1.47 bits per heavy atom. The Bertz CT molecular complexity index is 527. The van der Waals surface area contributed by atoms with Crippen LogP contribution < -0.4 is 5.32 Å². The molecule has 5 nitrogen and oxygen atoms in total. The van der Waals surface area contributed by atoms with Gasteiger partial charge in [-0.3, -0.25) is 0 Å². The topological polar surface area (TPSA) is 52.7 Å². The van der Waals surface area contributed by atoms with Crippen molar-refractivity contribution < 1.29 is 8.42 Å². The molecule has 1 aromatic rings. The normalized spacial score (nSPS) is 22.8. The number of hydrogen-bond donors (Lipinski definition) is 1. The minimum atomic E-state index is -3.32. The molecule has 1 fully saturated rings. The molecule has 1 saturated heterocycles. The van der Waals surface area contributed by atoms with Crippen molar-refractivity contribution in [3.63, 3.8) is 0 Å². The zero-order chi connectivity index (χ0) is 14.0. The van der Waals surface area contributed by atoms with Crippen LogP contribution in [0.4, 0.5) is 0 Å². The van der Waals surface area contributed by atoms with Gasteiger partial charge < -0.3 is 10.2 Å². The second-order valence-electron chi connectivity index (χ2n) is 5.00. The molecule has 108 valence electrons. The zero-order valence-corrected chi connectivity index (χ0v) is 13.2. The van der Waals surface area contributed by atoms with Gasteiger partial charge >= 0.3 is 0 Å². The maximum Gasteiger partial charge on any atom is 0.252 e. The summed E-state index contributed by atoms with van der Waals surface area (Å²) < 4.78 is 27.2. The van der Waals surface area contributed by atoms with E-state index in [1.54, 1.807) is 10.4 Å². The summed E-state index contributed by atoms with van der Waals surface area (Å²) in [6, 6.07) is 2.04. The summed E-state index contributed by atoms with van der Waals surface area (Å²) in [5.74, 6) is 0. The van der Waals surface area contributed by atoms with Gasteiger partial charge in [-0.2, -0.15) is 4.31 Å². The fourth-order valence-electron chi connectivity index (χ4n) is 2.15. The van der Waals surface area contributed by atoms with Crippen LogP contribution in [0.3, 0.4) is 0 Å². The minimum absolute atomic E-state index is 0.264. The van der Waals surface area contributed by atoms with Crippen molar-refractivity contribution in [2.45, 2.75) is 23.7 Å². The van der Waals surface area contributed by atoms with E-state index in [9.17, 15) is 8.42 Å². The van der Waals surface area contributed by atoms with Crippen LogP contribution in [0.5, 0.6) is 0 Å². The first-order valence-electron chi connectivity index (χ1n) is 6.37. The highest BCUT2D eigenvalue weighted by Crippen LogP contribution is 2.25. The number of rotatable bonds is 4. The van der Waals surface area contributed by atoms with E-state index in [1.807, 2.05) is 19.5 Å². The van der Waals surface area contributed by atoms with Gasteiger partial charge in [-0.05, 0) is 38.0 Å². The van der Waals surface area contributed by atoms with Crippen LogP contribution in [0, 0.1) is 0 Å². The third-order valence-corrected chi connectivity index (χ3v) is 6.86. The number of hydrogen-bond acceptors (Lipinski definition) is 5. The van der Waals surface area contributed by atoms with Crippen molar-refractivity contribution in [3.8, 4) is 0 Å². The van der Waals surface area contributed by atoms with Gasteiger partial charge in [-0.25, -0.2) is 8.42 Å². The van der Waals surface area contributed by atoms with E-state index in [1.165, 1.54) is 11.3 Å². The quantitative estimate of drug-likeness (QED) is 0.893. The van der Waals surface area contributed by atoms with Gasteiger partial charge in [0.1, 0.15) is 4.21 Å². The molecule has 2 rings (SSSR count). The van der Waals surface area contributed by atoms with Crippen LogP contribution in [-0.4, -0.2) is 57.4 Å². The van der Waals surface area contributed by atoms with E-state index in [-0.39, 0.29) is 6.04 Å². The molecule has 0 aliphatic carbocycles. The Balaban J connectivity index is 2.17. The molecule has 1 unspecified atom stereocenters. The third kappa shape index (κ3) is 3.17. The molecular weight excluding hydrogens is 282 g/mol. The van der Waals surface area contributed by atoms with Crippen LogP contribution in [0.1, 0.15) is 12.5 Å². The number of piperazine rings is 1. The monoisotopic (exact) mass is 303 g/mol. The molecule has 0 amide bonds. The molecule has 0 aromatic carbocycles. The number of sulfonamides is 1. The van der Waals surface area contributed by atoms with Crippen LogP contribution in [-0.2, 0) is 16.6 Å². The highest BCUT2D eigenvalue weighted by atomic mass is 32.2. The standard InChI is InChI=1S/C12H21N3O2S2/c1-10-8-15(5-4-14(10)3)19(16,17)12-6-11(7-13-2)9-18-12/h6,9-10,13H,4-5,7-8H2,1-3H3. The Morgan fingerprint density at radius 2 is 2.21 bits per heavy atom. The smallest absolute Gasteiger partial charge is 0.252 e. The molecule has 1 N–H and O–H groups in total. The SMILES string of the molecule is CNCc1csc(S(=O)(=O)N2CCN(C)C(C)C2)c1. The second kappa shape index (κ2) is 5.88. The van der Waals surface area contributed by atoms with Crippen molar-refractivity contribution >= 4 is 21.4 Å². The first-order valence-corrected chi connectivity index (χ1v) is 8.69. The summed E-state index contributed by atoms with van der Waals surface area (Å²) in [4.78, 5) is 2.19. The molecule has 0 bridgehead atoms. The van der Waals surface area contributed by atoms with Gasteiger partial charge in [0.2, 0.25) is 0 Å². The third-order valence-electron chi connectivity index (χ3n) is 3.53. The number of nitrogens with one attached hydrogen (secondary N) is 1. The predicted octanol–water partition coefficient (Wildman–Crippen LogP) is 0.792. The summed E-state index contributed by atoms with van der Waals surface area (Å²) in [5.41, 5.74) is 1.02. The summed E-state index contributed by atoms with van der Waals surface area (Å²) in [6.45, 7) is 4.68. The summed E-state index contributed by atoms with van der Waals surface area (Å²) in [6.07, 6.45) is 0. The van der Waals surface area contributed by atoms with Gasteiger partial charge in [0.25, 0.3) is 10.0 Å². The molecule has 1 aliphatic rings. The van der Waals surface area contributed by atoms with E-state index >= 15 is 0 Å². The highest BCUT2D eigenvalue weighted by Gasteiger charge is 2.31. The van der Waals surface area contributed by atoms with E-state index in [4.69, 9.17) is 0 Å². The molecule has 19 heavy (non-hydrogen) atoms. The Morgan fingerprint density at radius 3 is 2.84 bits per heavy atom. The van der Waals surface area contributed by atoms with E-state index < -0.39 is 10.0 Å². The molecule has 7 heteroatoms. The fraction of sp³-hybridized carbons (Fsp3) is 0.667. The predicted molar refractivity (Wildman–Crippen MR) is 77.9 cm³/mol. The average Bonchev–Trinajstić information content (AvgIpc) is 2.82. The van der Waals surface area contributed by atoms with Crippen molar-refractivity contribution in [2.24, 2.45) is 0 Å². The molecule has 1 aliphatic heterocycles. The summed E-state index contributed by atoms with van der Waals surface area (Å²) in [5, 5.41) is 4.94. The zero-order valence-electron chi connectivity index (χ0n) is 11.6. The van der Waals surface area contributed by atoms with E-state index in [0.717, 1.165) is 12.1 Å². The van der Waals surface area contributed by atoms with Crippen LogP contribution in [0.15, 0.2) is 15.7 Å². The lowest BCUT2D eigenvalue weighted by molar-refractivity contribution is 0.160. The second-order valence-corrected chi connectivity index (χ2v) is 8.07. The first-order chi connectivity index (χ1) is 8.95. The van der Waals surface area contributed by atoms with Gasteiger partial charge in [0.15, 0.2) is 0 Å². The molecular formula is C12H21N3O2S2. The fourth-order valence-corrected chi connectivity index (χ4v) is 5.02. The lowest BCUT2D eigenvalue weighted by Gasteiger charge is -2.36. The lowest BCUT2D eigenvalue weighted by Crippen LogP contribution is -2.51. The first kappa shape index (κ1) is 14.9. The number of nitrogens with zero attached hydrogens (tertiary/aromatic N) is 2. The van der Waals surface area contributed by atoms with Gasteiger partial charge in [0, 0.05) is 32.2 Å². The maximum absolute atomic E-state index is 12.6. The maximum atomic E-state index is 12.6. The van der Waals surface area contributed by atoms with Crippen LogP contribution in [0.25, 0.3) is 0 Å². The summed E-state index contributed by atoms with van der Waals surface area (Å²) in [7, 11) is 0.569. The Kier molecular flexibility index (Phi) is 4.62. The number of likely N-dealkylation sites (N-methyl/N-ethyl adjacent to an activating group) is 1. The Hall–Kier alpha value is -0.470. The number of thiophene rings is 1. The molecule has 2 heterocycles. The van der Waals surface area contributed by atoms with Crippen molar-refractivity contribution in [3.05, 3.63) is 17.0 Å². The van der Waals surface area contributed by atoms with E-state index in [2.05, 4.69) is 17.1 Å². The Labute approximate surface area is 119 Å². The average molecular weight is 303 g/mol. The minimum Gasteiger partial charge on any atom is -0.316 e. The van der Waals surface area contributed by atoms with Gasteiger partial charge in [-0.1, -0.05) is 0 Å². The van der Waals surface area contributed by atoms with Crippen molar-refractivity contribution in [1.82, 2.24) is 14.5 Å². The largest absolute Gasteiger partial charge is 0.316 e. The van der Waals surface area contributed by atoms with E-state index in [0.29, 0.717) is 23.8 Å². The molecule has 0 radical (unpaired) electrons. The highest BCUT2D eigenvalue weighted by molar-refractivity contribution is 7.91. The molecule has 1 atom stereocenters. The summed E-state index contributed by atoms with van der Waals surface area (Å²) >= 11 is 1.31. The van der Waals surface area contributed by atoms with Crippen LogP contribution in [0.2, 0.25) is 0 Å². The van der Waals surface area contributed by atoms with Crippen LogP contribution >= 0.6 is 11.3 Å². The van der Waals surface area contributed by atoms with Gasteiger partial charge in [-0.15, -0.1) is 11.3 Å². The van der Waals surface area contributed by atoms with Gasteiger partial charge in [0.05, 0.1) is 0 Å².